The molecule has 5 nitrogen and oxygen atoms in total. The highest BCUT2D eigenvalue weighted by Crippen LogP contribution is 2.51. The number of halogens is 1. The predicted molar refractivity (Wildman–Crippen MR) is 556 cm³/mol. The fraction of sp³-hybridized carbons (Fsp3) is 0.525. The molecule has 1 aliphatic rings. The van der Waals surface area contributed by atoms with Gasteiger partial charge in [0.25, 0.3) is 0 Å². The average Bonchev–Trinajstić information content (AvgIpc) is 0.732. The topological polar surface area (TPSA) is 62.9 Å². The molecule has 682 valence electrons. The fourth-order valence-corrected chi connectivity index (χ4v) is 18.6. The van der Waals surface area contributed by atoms with Gasteiger partial charge in [0.1, 0.15) is 23.0 Å². The molecule has 0 amide bonds. The van der Waals surface area contributed by atoms with Gasteiger partial charge >= 0.3 is 0 Å². The van der Waals surface area contributed by atoms with Crippen LogP contribution in [0.1, 0.15) is 350 Å². The maximum atomic E-state index is 6.07. The van der Waals surface area contributed by atoms with E-state index in [9.17, 15) is 0 Å². The minimum atomic E-state index is 0.767. The van der Waals surface area contributed by atoms with Crippen LogP contribution in [0.5, 0.6) is 23.0 Å². The summed E-state index contributed by atoms with van der Waals surface area (Å²) in [6.07, 6.45) is 9.23. The van der Waals surface area contributed by atoms with Gasteiger partial charge < -0.3 is 24.7 Å². The molecular weight excluding hydrogens is 1580 g/mol. The molecule has 0 saturated heterocycles. The van der Waals surface area contributed by atoms with E-state index in [0.717, 1.165) is 92.6 Å². The smallest absolute Gasteiger partial charge is 0.125 e. The molecular formula is C118H174BrNO4. The van der Waals surface area contributed by atoms with Gasteiger partial charge in [0.2, 0.25) is 0 Å². The largest absolute Gasteiger partial charge is 0.493 e. The van der Waals surface area contributed by atoms with Crippen molar-refractivity contribution in [1.29, 1.82) is 0 Å². The highest BCUT2D eigenvalue weighted by molar-refractivity contribution is 9.10. The van der Waals surface area contributed by atoms with Gasteiger partial charge in [0.05, 0.1) is 26.4 Å². The zero-order chi connectivity index (χ0) is 95.1. The normalized spacial score (nSPS) is 12.3. The minimum absolute atomic E-state index is 0.767. The molecule has 11 rings (SSSR count). The van der Waals surface area contributed by atoms with E-state index >= 15 is 0 Å². The summed E-state index contributed by atoms with van der Waals surface area (Å²) in [6.45, 7) is 109. The number of nitrogens with two attached hydrogens (primary N) is 1. The van der Waals surface area contributed by atoms with E-state index in [1.807, 2.05) is 0 Å². The van der Waals surface area contributed by atoms with E-state index in [-0.39, 0.29) is 0 Å². The summed E-state index contributed by atoms with van der Waals surface area (Å²) in [6, 6.07) is 4.67. The average molecular weight is 1750 g/mol. The van der Waals surface area contributed by atoms with Gasteiger partial charge in [-0.2, -0.15) is 0 Å². The summed E-state index contributed by atoms with van der Waals surface area (Å²) >= 11 is 3.61. The first-order valence-corrected chi connectivity index (χ1v) is 47.8. The molecule has 0 spiro atoms. The zero-order valence-corrected chi connectivity index (χ0v) is 90.0. The lowest BCUT2D eigenvalue weighted by molar-refractivity contribution is 0.291. The van der Waals surface area contributed by atoms with Crippen LogP contribution in [0.3, 0.4) is 0 Å². The van der Waals surface area contributed by atoms with Gasteiger partial charge in [0.15, 0.2) is 0 Å². The van der Waals surface area contributed by atoms with Crippen molar-refractivity contribution in [3.8, 4) is 23.0 Å². The van der Waals surface area contributed by atoms with E-state index in [4.69, 9.17) is 24.7 Å². The van der Waals surface area contributed by atoms with Crippen LogP contribution in [-0.2, 0) is 0 Å². The molecule has 0 radical (unpaired) electrons. The van der Waals surface area contributed by atoms with E-state index in [1.54, 1.807) is 11.1 Å². The third-order valence-electron chi connectivity index (χ3n) is 30.9. The Morgan fingerprint density at radius 2 is 0.403 bits per heavy atom. The SMILES string of the molecule is CCCCCOc1c(C)c(C)c(OCCCCC)c(C)c1C.CCCOc1c(C)c(C)c(OCCC)c(C)c1C.Cc1c(C)c(C)c(Br)c(C)c1C.Cc1c(C)c(C)c(C)c(C)c1C.Cc1c(C)c(C)c(N)c(C)c1C.Cc1c(C)c(C)c2c(C)c(C)c(C)c(C)c2c1C.Cc1c(C)c(C)c2c(c1C)C(C)C2C.Cc1cc2c(C)c(C)c(C)c(C)c2cc1C. The molecule has 10 aromatic carbocycles. The monoisotopic (exact) mass is 1750 g/mol. The van der Waals surface area contributed by atoms with Gasteiger partial charge in [-0.1, -0.05) is 95.3 Å². The number of hydrogen-bond donors (Lipinski definition) is 1. The summed E-state index contributed by atoms with van der Waals surface area (Å²) in [5.74, 6) is 5.73. The number of unbranched alkanes of at least 4 members (excludes halogenated alkanes) is 4. The Bertz CT molecular complexity index is 4670. The lowest BCUT2D eigenvalue weighted by Gasteiger charge is -2.40. The summed E-state index contributed by atoms with van der Waals surface area (Å²) in [7, 11) is 0. The molecule has 124 heavy (non-hydrogen) atoms. The Balaban J connectivity index is 0.000000300. The highest BCUT2D eigenvalue weighted by Gasteiger charge is 2.35. The van der Waals surface area contributed by atoms with Crippen LogP contribution < -0.4 is 24.7 Å². The van der Waals surface area contributed by atoms with E-state index in [0.29, 0.717) is 0 Å². The molecule has 2 N–H and O–H groups in total. The Morgan fingerprint density at radius 1 is 0.218 bits per heavy atom. The Hall–Kier alpha value is -7.80. The quantitative estimate of drug-likeness (QED) is 0.0771. The Kier molecular flexibility index (Phi) is 41.4. The van der Waals surface area contributed by atoms with Crippen molar-refractivity contribution in [2.45, 2.75) is 396 Å². The van der Waals surface area contributed by atoms with Crippen LogP contribution in [0.2, 0.25) is 0 Å². The standard InChI is InChI=1S/C20H34O2.C18H24.C16H26O2.C16H20.C14H20.C12H18.C11H15Br.C11H17N/c1-7-9-11-13-21-19-15(3)17(5)20(18(6)16(19)4)22-14-12-10-8-2;1-9-10(2)14(6)18-16(8)12(4)11(3)15(7)17(18)13(9)5;1-7-9-17-15-11(3)13(5)16(18-10-8-2)14(6)12(15)4;1-9-7-15-13(5)11(3)12(4)14(6)16(15)8-10(9)2;1-7-8(2)10(4)14-12(6)11(5)13(14)9(7)3;1-7-8(2)10(4)12(6)11(5)9(7)3;2*1-6-7(2)9(4)11(12)10(5)8(6)3/h7-14H2,1-6H3;1-8H3;7-10H2,1-6H3;7-8H,1-6H3;11-12H,1-6H3;1-6H3;1-5H3;12H2,1-5H3. The van der Waals surface area contributed by atoms with Gasteiger partial charge in [-0.3, -0.25) is 0 Å². The first kappa shape index (κ1) is 109. The van der Waals surface area contributed by atoms with Crippen LogP contribution >= 0.6 is 15.9 Å². The first-order valence-electron chi connectivity index (χ1n) is 47.0. The molecule has 1 aliphatic carbocycles. The summed E-state index contributed by atoms with van der Waals surface area (Å²) in [5.41, 5.74) is 68.3. The summed E-state index contributed by atoms with van der Waals surface area (Å²) in [5, 5.41) is 5.81. The second-order valence-electron chi connectivity index (χ2n) is 37.5. The second kappa shape index (κ2) is 47.3. The van der Waals surface area contributed by atoms with Gasteiger partial charge in [-0.15, -0.1) is 0 Å². The Morgan fingerprint density at radius 3 is 0.621 bits per heavy atom. The molecule has 0 fully saturated rings. The summed E-state index contributed by atoms with van der Waals surface area (Å²) in [4.78, 5) is 0. The molecule has 0 saturated carbocycles. The molecule has 2 atom stereocenters. The van der Waals surface area contributed by atoms with Crippen LogP contribution in [0.15, 0.2) is 16.6 Å². The van der Waals surface area contributed by atoms with Gasteiger partial charge in [0, 0.05) is 10.2 Å². The van der Waals surface area contributed by atoms with Crippen molar-refractivity contribution in [2.24, 2.45) is 0 Å². The van der Waals surface area contributed by atoms with Crippen molar-refractivity contribution in [3.63, 3.8) is 0 Å². The number of aryl methyl sites for hydroxylation is 8. The molecule has 10 aromatic rings. The Labute approximate surface area is 769 Å². The van der Waals surface area contributed by atoms with Crippen molar-refractivity contribution >= 4 is 43.2 Å². The van der Waals surface area contributed by atoms with Gasteiger partial charge in [-0.25, -0.2) is 0 Å². The highest BCUT2D eigenvalue weighted by atomic mass is 79.9. The number of hydrogen-bond acceptors (Lipinski definition) is 5. The van der Waals surface area contributed by atoms with Crippen LogP contribution in [0, 0.1) is 291 Å². The summed E-state index contributed by atoms with van der Waals surface area (Å²) < 4.78 is 25.2. The molecule has 6 heteroatoms. The van der Waals surface area contributed by atoms with E-state index < -0.39 is 0 Å². The zero-order valence-electron chi connectivity index (χ0n) is 88.4. The van der Waals surface area contributed by atoms with Gasteiger partial charge in [-0.05, 0) is 595 Å². The molecule has 0 aromatic heterocycles. The third kappa shape index (κ3) is 23.8. The molecule has 0 bridgehead atoms. The van der Waals surface area contributed by atoms with Crippen LogP contribution in [0.4, 0.5) is 5.69 Å². The molecule has 2 unspecified atom stereocenters. The van der Waals surface area contributed by atoms with Crippen LogP contribution in [-0.4, -0.2) is 26.4 Å². The van der Waals surface area contributed by atoms with Crippen molar-refractivity contribution in [2.75, 3.05) is 32.2 Å². The van der Waals surface area contributed by atoms with Crippen molar-refractivity contribution in [1.82, 2.24) is 0 Å². The van der Waals surface area contributed by atoms with E-state index in [1.165, 1.54) is 285 Å². The third-order valence-corrected chi connectivity index (χ3v) is 32.1. The van der Waals surface area contributed by atoms with Crippen molar-refractivity contribution in [3.05, 3.63) is 261 Å². The number of rotatable bonds is 16. The first-order chi connectivity index (χ1) is 57.7. The van der Waals surface area contributed by atoms with Crippen molar-refractivity contribution < 1.29 is 18.9 Å². The number of nitrogen functional groups attached to an aromatic ring is 1. The maximum absolute atomic E-state index is 6.07. The number of ether oxygens (including phenoxy) is 4. The van der Waals surface area contributed by atoms with Crippen LogP contribution in [0.25, 0.3) is 21.5 Å². The number of anilines is 1. The number of fused-ring (bicyclic) bond motifs is 3. The molecule has 0 aliphatic heterocycles. The van der Waals surface area contributed by atoms with E-state index in [2.05, 4.69) is 360 Å². The number of benzene rings is 10. The lowest BCUT2D eigenvalue weighted by atomic mass is 9.65. The lowest BCUT2D eigenvalue weighted by Crippen LogP contribution is -2.24. The fourth-order valence-electron chi connectivity index (χ4n) is 18.0. The maximum Gasteiger partial charge on any atom is 0.125 e. The second-order valence-corrected chi connectivity index (χ2v) is 38.3. The minimum Gasteiger partial charge on any atom is -0.493 e. The predicted octanol–water partition coefficient (Wildman–Crippen LogP) is 35.0. The molecule has 0 heterocycles.